The van der Waals surface area contributed by atoms with E-state index >= 15 is 0 Å². The lowest BCUT2D eigenvalue weighted by Gasteiger charge is -2.06. The van der Waals surface area contributed by atoms with Gasteiger partial charge in [0.05, 0.1) is 10.3 Å². The molecule has 0 fully saturated rings. The largest absolute Gasteiger partial charge is 0.438 e. The molecule has 0 amide bonds. The quantitative estimate of drug-likeness (QED) is 0.392. The van der Waals surface area contributed by atoms with E-state index in [1.54, 1.807) is 6.07 Å². The lowest BCUT2D eigenvalue weighted by Crippen LogP contribution is -1.93. The van der Waals surface area contributed by atoms with Gasteiger partial charge in [-0.1, -0.05) is 11.6 Å². The highest BCUT2D eigenvalue weighted by atomic mass is 35.5. The van der Waals surface area contributed by atoms with Gasteiger partial charge in [-0.15, -0.1) is 11.3 Å². The summed E-state index contributed by atoms with van der Waals surface area (Å²) in [4.78, 5) is 18.9. The average molecular weight is 342 g/mol. The Morgan fingerprint density at radius 2 is 2.05 bits per heavy atom. The molecule has 106 valence electrons. The topological polar surface area (TPSA) is 78.2 Å². The number of thiophene rings is 1. The number of halogens is 2. The molecule has 0 aliphatic heterocycles. The standard InChI is InChI=1S/C12H5Cl2N3O3S/c13-8-5-6(1-2-9(8)17(18)19)20-10-7-3-4-21-11(7)16-12(14)15-10/h1-5H. The van der Waals surface area contributed by atoms with Crippen LogP contribution in [0.25, 0.3) is 10.2 Å². The van der Waals surface area contributed by atoms with Crippen molar-refractivity contribution in [1.29, 1.82) is 0 Å². The summed E-state index contributed by atoms with van der Waals surface area (Å²) >= 11 is 13.1. The van der Waals surface area contributed by atoms with Crippen LogP contribution in [0.5, 0.6) is 11.6 Å². The lowest BCUT2D eigenvalue weighted by molar-refractivity contribution is -0.384. The van der Waals surface area contributed by atoms with E-state index in [9.17, 15) is 10.1 Å². The molecule has 21 heavy (non-hydrogen) atoms. The summed E-state index contributed by atoms with van der Waals surface area (Å²) in [5.41, 5.74) is -0.189. The van der Waals surface area contributed by atoms with Crippen molar-refractivity contribution in [1.82, 2.24) is 9.97 Å². The molecule has 2 aromatic heterocycles. The van der Waals surface area contributed by atoms with E-state index in [2.05, 4.69) is 9.97 Å². The molecular weight excluding hydrogens is 337 g/mol. The molecule has 0 aliphatic rings. The van der Waals surface area contributed by atoms with Gasteiger partial charge in [0.15, 0.2) is 0 Å². The van der Waals surface area contributed by atoms with Crippen molar-refractivity contribution < 1.29 is 9.66 Å². The lowest BCUT2D eigenvalue weighted by atomic mass is 10.3. The molecular formula is C12H5Cl2N3O3S. The second-order valence-corrected chi connectivity index (χ2v) is 5.55. The maximum Gasteiger partial charge on any atom is 0.288 e. The van der Waals surface area contributed by atoms with Gasteiger partial charge in [0.2, 0.25) is 11.2 Å². The summed E-state index contributed by atoms with van der Waals surface area (Å²) in [6.45, 7) is 0. The fourth-order valence-electron chi connectivity index (χ4n) is 1.69. The highest BCUT2D eigenvalue weighted by Gasteiger charge is 2.15. The van der Waals surface area contributed by atoms with Crippen LogP contribution < -0.4 is 4.74 Å². The van der Waals surface area contributed by atoms with E-state index in [4.69, 9.17) is 27.9 Å². The van der Waals surface area contributed by atoms with Crippen LogP contribution in [-0.4, -0.2) is 14.9 Å². The zero-order valence-electron chi connectivity index (χ0n) is 10.1. The number of aromatic nitrogens is 2. The van der Waals surface area contributed by atoms with E-state index in [1.165, 1.54) is 29.5 Å². The van der Waals surface area contributed by atoms with Gasteiger partial charge in [-0.05, 0) is 29.1 Å². The van der Waals surface area contributed by atoms with Crippen LogP contribution in [0.1, 0.15) is 0 Å². The first kappa shape index (κ1) is 14.0. The number of benzene rings is 1. The summed E-state index contributed by atoms with van der Waals surface area (Å²) in [6, 6.07) is 5.87. The summed E-state index contributed by atoms with van der Waals surface area (Å²) in [5, 5.41) is 13.3. The minimum absolute atomic E-state index is 0.0146. The SMILES string of the molecule is O=[N+]([O-])c1ccc(Oc2nc(Cl)nc3sccc23)cc1Cl. The Hall–Kier alpha value is -1.96. The Labute approximate surface area is 132 Å². The highest BCUT2D eigenvalue weighted by Crippen LogP contribution is 2.34. The first-order valence-electron chi connectivity index (χ1n) is 5.57. The third-order valence-electron chi connectivity index (χ3n) is 2.59. The van der Waals surface area contributed by atoms with Gasteiger partial charge in [0, 0.05) is 12.1 Å². The van der Waals surface area contributed by atoms with Gasteiger partial charge in [-0.2, -0.15) is 4.98 Å². The van der Waals surface area contributed by atoms with Crippen molar-refractivity contribution in [3.63, 3.8) is 0 Å². The Morgan fingerprint density at radius 1 is 1.24 bits per heavy atom. The average Bonchev–Trinajstić information content (AvgIpc) is 2.86. The van der Waals surface area contributed by atoms with Crippen LogP contribution in [0.3, 0.4) is 0 Å². The van der Waals surface area contributed by atoms with Gasteiger partial charge < -0.3 is 4.74 Å². The van der Waals surface area contributed by atoms with Gasteiger partial charge >= 0.3 is 0 Å². The monoisotopic (exact) mass is 341 g/mol. The molecule has 0 bridgehead atoms. The van der Waals surface area contributed by atoms with Crippen LogP contribution >= 0.6 is 34.5 Å². The number of nitro groups is 1. The predicted molar refractivity (Wildman–Crippen MR) is 80.6 cm³/mol. The second kappa shape index (κ2) is 5.44. The molecule has 0 saturated heterocycles. The van der Waals surface area contributed by atoms with Crippen LogP contribution in [0, 0.1) is 10.1 Å². The van der Waals surface area contributed by atoms with E-state index in [0.29, 0.717) is 16.0 Å². The van der Waals surface area contributed by atoms with Crippen LogP contribution in [0.4, 0.5) is 5.69 Å². The number of nitro benzene ring substituents is 1. The zero-order valence-corrected chi connectivity index (χ0v) is 12.4. The number of fused-ring (bicyclic) bond motifs is 1. The van der Waals surface area contributed by atoms with Crippen molar-refractivity contribution in [2.45, 2.75) is 0 Å². The first-order valence-corrected chi connectivity index (χ1v) is 7.20. The van der Waals surface area contributed by atoms with Crippen LogP contribution in [0.2, 0.25) is 10.3 Å². The molecule has 9 heteroatoms. The number of nitrogens with zero attached hydrogens (tertiary/aromatic N) is 3. The van der Waals surface area contributed by atoms with Gasteiger partial charge in [-0.3, -0.25) is 10.1 Å². The number of hydrogen-bond donors (Lipinski definition) is 0. The van der Waals surface area contributed by atoms with Gasteiger partial charge in [0.1, 0.15) is 15.6 Å². The highest BCUT2D eigenvalue weighted by molar-refractivity contribution is 7.16. The number of ether oxygens (including phenoxy) is 1. The van der Waals surface area contributed by atoms with Crippen molar-refractivity contribution in [3.8, 4) is 11.6 Å². The van der Waals surface area contributed by atoms with E-state index in [-0.39, 0.29) is 21.9 Å². The van der Waals surface area contributed by atoms with E-state index < -0.39 is 4.92 Å². The molecule has 3 aromatic rings. The molecule has 0 aliphatic carbocycles. The molecule has 0 radical (unpaired) electrons. The molecule has 3 rings (SSSR count). The maximum absolute atomic E-state index is 10.7. The smallest absolute Gasteiger partial charge is 0.288 e. The van der Waals surface area contributed by atoms with Crippen LogP contribution in [0.15, 0.2) is 29.6 Å². The Kier molecular flexibility index (Phi) is 3.62. The molecule has 0 atom stereocenters. The molecule has 0 spiro atoms. The molecule has 0 N–H and O–H groups in total. The van der Waals surface area contributed by atoms with Crippen molar-refractivity contribution >= 4 is 50.4 Å². The predicted octanol–water partition coefficient (Wildman–Crippen LogP) is 4.70. The summed E-state index contributed by atoms with van der Waals surface area (Å²) in [6.07, 6.45) is 0. The Morgan fingerprint density at radius 3 is 2.76 bits per heavy atom. The molecule has 2 heterocycles. The van der Waals surface area contributed by atoms with Crippen LogP contribution in [-0.2, 0) is 0 Å². The summed E-state index contributed by atoms with van der Waals surface area (Å²) in [7, 11) is 0. The Bertz CT molecular complexity index is 853. The summed E-state index contributed by atoms with van der Waals surface area (Å²) < 4.78 is 5.61. The first-order chi connectivity index (χ1) is 10.0. The third kappa shape index (κ3) is 2.76. The second-order valence-electron chi connectivity index (χ2n) is 3.91. The van der Waals surface area contributed by atoms with E-state index in [0.717, 1.165) is 0 Å². The van der Waals surface area contributed by atoms with Crippen molar-refractivity contribution in [2.24, 2.45) is 0 Å². The van der Waals surface area contributed by atoms with Gasteiger partial charge in [0.25, 0.3) is 5.69 Å². The Balaban J connectivity index is 2.00. The third-order valence-corrected chi connectivity index (χ3v) is 3.87. The zero-order chi connectivity index (χ0) is 15.0. The minimum Gasteiger partial charge on any atom is -0.438 e. The van der Waals surface area contributed by atoms with Crippen molar-refractivity contribution in [3.05, 3.63) is 50.1 Å². The fourth-order valence-corrected chi connectivity index (χ4v) is 2.90. The van der Waals surface area contributed by atoms with Crippen molar-refractivity contribution in [2.75, 3.05) is 0 Å². The number of hydrogen-bond acceptors (Lipinski definition) is 6. The molecule has 0 unspecified atom stereocenters. The fraction of sp³-hybridized carbons (Fsp3) is 0. The number of rotatable bonds is 3. The molecule has 1 aromatic carbocycles. The summed E-state index contributed by atoms with van der Waals surface area (Å²) in [5.74, 6) is 0.601. The minimum atomic E-state index is -0.565. The normalized spacial score (nSPS) is 10.8. The van der Waals surface area contributed by atoms with E-state index in [1.807, 2.05) is 5.38 Å². The molecule has 6 nitrogen and oxygen atoms in total. The maximum atomic E-state index is 10.7. The molecule has 0 saturated carbocycles. The van der Waals surface area contributed by atoms with Gasteiger partial charge in [-0.25, -0.2) is 4.98 Å².